The molecule has 0 saturated heterocycles. The first-order valence-electron chi connectivity index (χ1n) is 9.30. The molecule has 0 spiro atoms. The van der Waals surface area contributed by atoms with Gasteiger partial charge in [0.15, 0.2) is 0 Å². The smallest absolute Gasteiger partial charge is 0.265 e. The Balaban J connectivity index is 1.88. The van der Waals surface area contributed by atoms with Gasteiger partial charge in [0, 0.05) is 24.5 Å². The number of carbonyl (C=O) groups excluding carboxylic acids is 2. The summed E-state index contributed by atoms with van der Waals surface area (Å²) in [7, 11) is 0. The number of amides is 2. The first kappa shape index (κ1) is 21.1. The second-order valence-electron chi connectivity index (χ2n) is 7.54. The third-order valence-corrected chi connectivity index (χ3v) is 4.65. The number of nitrogens with one attached hydrogen (secondary N) is 2. The first-order chi connectivity index (χ1) is 12.8. The van der Waals surface area contributed by atoms with Crippen molar-refractivity contribution in [2.45, 2.75) is 27.7 Å². The van der Waals surface area contributed by atoms with Crippen LogP contribution in [-0.4, -0.2) is 36.3 Å². The van der Waals surface area contributed by atoms with Gasteiger partial charge in [-0.15, -0.1) is 11.3 Å². The summed E-state index contributed by atoms with van der Waals surface area (Å²) in [6.45, 7) is 10.8. The van der Waals surface area contributed by atoms with Crippen molar-refractivity contribution in [2.24, 2.45) is 11.8 Å². The van der Waals surface area contributed by atoms with Crippen LogP contribution in [0.4, 0.5) is 11.4 Å². The highest BCUT2D eigenvalue weighted by atomic mass is 32.1. The number of carbonyl (C=O) groups is 2. The van der Waals surface area contributed by atoms with Crippen LogP contribution < -0.4 is 10.6 Å². The topological polar surface area (TPSA) is 61.4 Å². The van der Waals surface area contributed by atoms with E-state index in [2.05, 4.69) is 43.2 Å². The third kappa shape index (κ3) is 7.53. The van der Waals surface area contributed by atoms with Crippen molar-refractivity contribution < 1.29 is 9.59 Å². The number of thiophene rings is 1. The molecule has 1 aromatic carbocycles. The highest BCUT2D eigenvalue weighted by Gasteiger charge is 2.14. The predicted molar refractivity (Wildman–Crippen MR) is 113 cm³/mol. The van der Waals surface area contributed by atoms with Gasteiger partial charge in [-0.1, -0.05) is 33.8 Å². The Kier molecular flexibility index (Phi) is 8.00. The Morgan fingerprint density at radius 3 is 1.96 bits per heavy atom. The minimum atomic E-state index is -0.125. The summed E-state index contributed by atoms with van der Waals surface area (Å²) in [6, 6.07) is 10.8. The van der Waals surface area contributed by atoms with Crippen molar-refractivity contribution in [1.29, 1.82) is 0 Å². The molecule has 1 aromatic heterocycles. The van der Waals surface area contributed by atoms with Crippen LogP contribution in [0.3, 0.4) is 0 Å². The van der Waals surface area contributed by atoms with Crippen LogP contribution in [-0.2, 0) is 4.79 Å². The molecule has 2 rings (SSSR count). The average molecular weight is 388 g/mol. The van der Waals surface area contributed by atoms with E-state index in [1.54, 1.807) is 30.3 Å². The molecular weight excluding hydrogens is 358 g/mol. The molecule has 0 fully saturated rings. The number of rotatable bonds is 9. The number of nitrogens with zero attached hydrogens (tertiary/aromatic N) is 1. The monoisotopic (exact) mass is 387 g/mol. The third-order valence-electron chi connectivity index (χ3n) is 3.79. The molecule has 5 nitrogen and oxygen atoms in total. The van der Waals surface area contributed by atoms with Crippen LogP contribution in [0.2, 0.25) is 0 Å². The number of anilines is 2. The zero-order valence-corrected chi connectivity index (χ0v) is 17.3. The predicted octanol–water partition coefficient (Wildman–Crippen LogP) is 4.55. The lowest BCUT2D eigenvalue weighted by Crippen LogP contribution is -2.38. The summed E-state index contributed by atoms with van der Waals surface area (Å²) in [6.07, 6.45) is 0. The maximum atomic E-state index is 12.4. The quantitative estimate of drug-likeness (QED) is 0.663. The molecule has 0 atom stereocenters. The van der Waals surface area contributed by atoms with Gasteiger partial charge in [0.1, 0.15) is 0 Å². The molecule has 0 unspecified atom stereocenters. The Morgan fingerprint density at radius 2 is 1.48 bits per heavy atom. The van der Waals surface area contributed by atoms with Crippen LogP contribution in [0.5, 0.6) is 0 Å². The van der Waals surface area contributed by atoms with Gasteiger partial charge < -0.3 is 10.6 Å². The summed E-state index contributed by atoms with van der Waals surface area (Å²) < 4.78 is 0. The van der Waals surface area contributed by atoms with E-state index in [1.807, 2.05) is 11.4 Å². The molecule has 0 aliphatic rings. The molecule has 2 N–H and O–H groups in total. The summed E-state index contributed by atoms with van der Waals surface area (Å²) in [5, 5.41) is 7.66. The average Bonchev–Trinajstić information content (AvgIpc) is 3.10. The molecular formula is C21H29N3O2S. The molecule has 6 heteroatoms. The normalized spacial score (nSPS) is 11.2. The minimum absolute atomic E-state index is 0.0216. The van der Waals surface area contributed by atoms with Crippen LogP contribution in [0.1, 0.15) is 37.4 Å². The molecule has 1 heterocycles. The van der Waals surface area contributed by atoms with Gasteiger partial charge in [0.2, 0.25) is 5.91 Å². The van der Waals surface area contributed by atoms with Gasteiger partial charge in [-0.2, -0.15) is 0 Å². The van der Waals surface area contributed by atoms with E-state index in [9.17, 15) is 9.59 Å². The van der Waals surface area contributed by atoms with E-state index < -0.39 is 0 Å². The number of benzene rings is 1. The zero-order valence-electron chi connectivity index (χ0n) is 16.5. The Morgan fingerprint density at radius 1 is 0.926 bits per heavy atom. The van der Waals surface area contributed by atoms with Crippen molar-refractivity contribution in [3.63, 3.8) is 0 Å². The lowest BCUT2D eigenvalue weighted by molar-refractivity contribution is -0.117. The lowest BCUT2D eigenvalue weighted by Gasteiger charge is -2.25. The molecule has 27 heavy (non-hydrogen) atoms. The SMILES string of the molecule is CC(C)CN(CC(=O)Nc1ccc(NC(=O)c2cccs2)cc1)CC(C)C. The molecule has 2 amide bonds. The lowest BCUT2D eigenvalue weighted by atomic mass is 10.1. The number of hydrogen-bond acceptors (Lipinski definition) is 4. The van der Waals surface area contributed by atoms with Crippen LogP contribution >= 0.6 is 11.3 Å². The van der Waals surface area contributed by atoms with Crippen molar-refractivity contribution in [2.75, 3.05) is 30.3 Å². The maximum absolute atomic E-state index is 12.4. The molecule has 2 aromatic rings. The fraction of sp³-hybridized carbons (Fsp3) is 0.429. The van der Waals surface area contributed by atoms with Crippen molar-refractivity contribution >= 4 is 34.5 Å². The van der Waals surface area contributed by atoms with E-state index in [1.165, 1.54) is 11.3 Å². The molecule has 0 aliphatic heterocycles. The standard InChI is InChI=1S/C21H29N3O2S/c1-15(2)12-24(13-16(3)4)14-20(25)22-17-7-9-18(10-8-17)23-21(26)19-6-5-11-27-19/h5-11,15-16H,12-14H2,1-4H3,(H,22,25)(H,23,26). The Labute approximate surface area is 165 Å². The van der Waals surface area contributed by atoms with E-state index in [4.69, 9.17) is 0 Å². The Hall–Kier alpha value is -2.18. The van der Waals surface area contributed by atoms with Crippen molar-refractivity contribution in [1.82, 2.24) is 4.90 Å². The van der Waals surface area contributed by atoms with Gasteiger partial charge in [-0.05, 0) is 47.5 Å². The zero-order chi connectivity index (χ0) is 19.8. The minimum Gasteiger partial charge on any atom is -0.325 e. The fourth-order valence-electron chi connectivity index (χ4n) is 2.88. The second-order valence-corrected chi connectivity index (χ2v) is 8.49. The van der Waals surface area contributed by atoms with Crippen LogP contribution in [0, 0.1) is 11.8 Å². The molecule has 0 radical (unpaired) electrons. The first-order valence-corrected chi connectivity index (χ1v) is 10.2. The molecule has 146 valence electrons. The van der Waals surface area contributed by atoms with E-state index in [-0.39, 0.29) is 11.8 Å². The highest BCUT2D eigenvalue weighted by Crippen LogP contribution is 2.16. The van der Waals surface area contributed by atoms with Gasteiger partial charge in [0.05, 0.1) is 11.4 Å². The summed E-state index contributed by atoms with van der Waals surface area (Å²) >= 11 is 1.40. The second kappa shape index (κ2) is 10.2. The highest BCUT2D eigenvalue weighted by molar-refractivity contribution is 7.12. The number of hydrogen-bond donors (Lipinski definition) is 2. The molecule has 0 saturated carbocycles. The van der Waals surface area contributed by atoms with Gasteiger partial charge in [0.25, 0.3) is 5.91 Å². The largest absolute Gasteiger partial charge is 0.325 e. The molecule has 0 aliphatic carbocycles. The van der Waals surface area contributed by atoms with E-state index >= 15 is 0 Å². The summed E-state index contributed by atoms with van der Waals surface area (Å²) in [5.41, 5.74) is 1.43. The fourth-order valence-corrected chi connectivity index (χ4v) is 3.50. The Bertz CT molecular complexity index is 714. The van der Waals surface area contributed by atoms with Gasteiger partial charge >= 0.3 is 0 Å². The van der Waals surface area contributed by atoms with Gasteiger partial charge in [-0.25, -0.2) is 0 Å². The van der Waals surface area contributed by atoms with Crippen molar-refractivity contribution in [3.8, 4) is 0 Å². The van der Waals surface area contributed by atoms with Crippen LogP contribution in [0.25, 0.3) is 0 Å². The van der Waals surface area contributed by atoms with E-state index in [0.29, 0.717) is 28.9 Å². The van der Waals surface area contributed by atoms with Crippen molar-refractivity contribution in [3.05, 3.63) is 46.7 Å². The van der Waals surface area contributed by atoms with E-state index in [0.717, 1.165) is 18.8 Å². The summed E-state index contributed by atoms with van der Waals surface area (Å²) in [5.74, 6) is 0.886. The summed E-state index contributed by atoms with van der Waals surface area (Å²) in [4.78, 5) is 27.3. The maximum Gasteiger partial charge on any atom is 0.265 e. The van der Waals surface area contributed by atoms with Gasteiger partial charge in [-0.3, -0.25) is 14.5 Å². The molecule has 0 bridgehead atoms. The van der Waals surface area contributed by atoms with Crippen LogP contribution in [0.15, 0.2) is 41.8 Å².